The SMILES string of the molecule is CN1CCN(c2ccc(N)cc2)[C@@H](CO)C1. The van der Waals surface area contributed by atoms with Crippen LogP contribution in [0.25, 0.3) is 0 Å². The second kappa shape index (κ2) is 4.72. The minimum absolute atomic E-state index is 0.183. The van der Waals surface area contributed by atoms with Gasteiger partial charge in [-0.3, -0.25) is 0 Å². The summed E-state index contributed by atoms with van der Waals surface area (Å²) in [6.45, 7) is 3.07. The van der Waals surface area contributed by atoms with Gasteiger partial charge in [-0.2, -0.15) is 0 Å². The van der Waals surface area contributed by atoms with Crippen LogP contribution in [0.5, 0.6) is 0 Å². The van der Waals surface area contributed by atoms with Crippen molar-refractivity contribution >= 4 is 11.4 Å². The molecular formula is C12H19N3O. The molecule has 1 heterocycles. The standard InChI is InChI=1S/C12H19N3O/c1-14-6-7-15(12(8-14)9-16)11-4-2-10(13)3-5-11/h2-5,12,16H,6-9,13H2,1H3/t12-/m1/s1. The number of nitrogen functional groups attached to an aromatic ring is 1. The van der Waals surface area contributed by atoms with E-state index in [-0.39, 0.29) is 12.6 Å². The molecule has 1 aromatic carbocycles. The van der Waals surface area contributed by atoms with Gasteiger partial charge in [0.15, 0.2) is 0 Å². The van der Waals surface area contributed by atoms with E-state index in [1.54, 1.807) is 0 Å². The lowest BCUT2D eigenvalue weighted by Gasteiger charge is -2.40. The van der Waals surface area contributed by atoms with E-state index in [1.807, 2.05) is 24.3 Å². The normalized spacial score (nSPS) is 22.4. The summed E-state index contributed by atoms with van der Waals surface area (Å²) < 4.78 is 0. The smallest absolute Gasteiger partial charge is 0.0648 e. The van der Waals surface area contributed by atoms with Crippen molar-refractivity contribution < 1.29 is 5.11 Å². The van der Waals surface area contributed by atoms with Crippen molar-refractivity contribution in [1.29, 1.82) is 0 Å². The molecule has 2 rings (SSSR count). The van der Waals surface area contributed by atoms with Crippen molar-refractivity contribution in [1.82, 2.24) is 4.90 Å². The monoisotopic (exact) mass is 221 g/mol. The highest BCUT2D eigenvalue weighted by molar-refractivity contribution is 5.54. The first-order valence-electron chi connectivity index (χ1n) is 5.62. The van der Waals surface area contributed by atoms with Crippen LogP contribution in [0.2, 0.25) is 0 Å². The van der Waals surface area contributed by atoms with Crippen LogP contribution in [0.15, 0.2) is 24.3 Å². The van der Waals surface area contributed by atoms with Crippen molar-refractivity contribution in [2.75, 3.05) is 43.9 Å². The topological polar surface area (TPSA) is 52.7 Å². The van der Waals surface area contributed by atoms with Gasteiger partial charge in [0, 0.05) is 31.0 Å². The fourth-order valence-electron chi connectivity index (χ4n) is 2.17. The minimum Gasteiger partial charge on any atom is -0.399 e. The van der Waals surface area contributed by atoms with E-state index < -0.39 is 0 Å². The molecule has 3 N–H and O–H groups in total. The molecule has 0 aliphatic carbocycles. The fraction of sp³-hybridized carbons (Fsp3) is 0.500. The Hall–Kier alpha value is -1.26. The number of aliphatic hydroxyl groups excluding tert-OH is 1. The number of hydrogen-bond acceptors (Lipinski definition) is 4. The molecule has 1 aromatic rings. The van der Waals surface area contributed by atoms with Crippen molar-refractivity contribution in [2.45, 2.75) is 6.04 Å². The van der Waals surface area contributed by atoms with Gasteiger partial charge in [0.05, 0.1) is 12.6 Å². The van der Waals surface area contributed by atoms with E-state index in [4.69, 9.17) is 5.73 Å². The van der Waals surface area contributed by atoms with E-state index in [2.05, 4.69) is 16.8 Å². The van der Waals surface area contributed by atoms with Gasteiger partial charge >= 0.3 is 0 Å². The van der Waals surface area contributed by atoms with E-state index in [9.17, 15) is 5.11 Å². The summed E-state index contributed by atoms with van der Waals surface area (Å²) >= 11 is 0. The molecule has 0 spiro atoms. The molecule has 4 heteroatoms. The summed E-state index contributed by atoms with van der Waals surface area (Å²) in [4.78, 5) is 4.49. The largest absolute Gasteiger partial charge is 0.399 e. The van der Waals surface area contributed by atoms with Gasteiger partial charge in [-0.05, 0) is 31.3 Å². The third kappa shape index (κ3) is 2.28. The molecule has 1 fully saturated rings. The summed E-state index contributed by atoms with van der Waals surface area (Å²) in [7, 11) is 2.09. The molecule has 0 bridgehead atoms. The van der Waals surface area contributed by atoms with Crippen LogP contribution < -0.4 is 10.6 Å². The van der Waals surface area contributed by atoms with Gasteiger partial charge in [0.2, 0.25) is 0 Å². The van der Waals surface area contributed by atoms with Gasteiger partial charge in [-0.15, -0.1) is 0 Å². The number of piperazine rings is 1. The predicted octanol–water partition coefficient (Wildman–Crippen LogP) is 0.382. The lowest BCUT2D eigenvalue weighted by Crippen LogP contribution is -2.53. The maximum Gasteiger partial charge on any atom is 0.0648 e. The van der Waals surface area contributed by atoms with Crippen LogP contribution in [-0.4, -0.2) is 49.3 Å². The summed E-state index contributed by atoms with van der Waals surface area (Å²) in [6.07, 6.45) is 0. The van der Waals surface area contributed by atoms with Gasteiger partial charge < -0.3 is 20.6 Å². The molecule has 0 unspecified atom stereocenters. The molecule has 1 saturated heterocycles. The number of nitrogens with two attached hydrogens (primary N) is 1. The molecule has 0 radical (unpaired) electrons. The number of rotatable bonds is 2. The first kappa shape index (κ1) is 11.2. The zero-order valence-electron chi connectivity index (χ0n) is 9.63. The Labute approximate surface area is 96.3 Å². The number of anilines is 2. The molecule has 1 aliphatic heterocycles. The summed E-state index contributed by atoms with van der Waals surface area (Å²) in [5.74, 6) is 0. The molecule has 0 amide bonds. The Morgan fingerprint density at radius 3 is 2.62 bits per heavy atom. The fourth-order valence-corrected chi connectivity index (χ4v) is 2.17. The number of hydrogen-bond donors (Lipinski definition) is 2. The molecule has 0 saturated carbocycles. The number of likely N-dealkylation sites (N-methyl/N-ethyl adjacent to an activating group) is 1. The van der Waals surface area contributed by atoms with Crippen molar-refractivity contribution in [3.63, 3.8) is 0 Å². The van der Waals surface area contributed by atoms with E-state index >= 15 is 0 Å². The maximum atomic E-state index is 9.40. The Morgan fingerprint density at radius 1 is 1.31 bits per heavy atom. The summed E-state index contributed by atoms with van der Waals surface area (Å²) in [6, 6.07) is 8.03. The molecule has 1 aliphatic rings. The zero-order chi connectivity index (χ0) is 11.5. The van der Waals surface area contributed by atoms with Crippen molar-refractivity contribution in [3.8, 4) is 0 Å². The van der Waals surface area contributed by atoms with Gasteiger partial charge in [0.25, 0.3) is 0 Å². The lowest BCUT2D eigenvalue weighted by atomic mass is 10.1. The van der Waals surface area contributed by atoms with Crippen LogP contribution in [-0.2, 0) is 0 Å². The van der Waals surface area contributed by atoms with Crippen LogP contribution in [0.1, 0.15) is 0 Å². The van der Waals surface area contributed by atoms with E-state index in [0.717, 1.165) is 31.0 Å². The van der Waals surface area contributed by atoms with Gasteiger partial charge in [0.1, 0.15) is 0 Å². The highest BCUT2D eigenvalue weighted by Crippen LogP contribution is 2.21. The highest BCUT2D eigenvalue weighted by Gasteiger charge is 2.24. The summed E-state index contributed by atoms with van der Waals surface area (Å²) in [5.41, 5.74) is 7.59. The quantitative estimate of drug-likeness (QED) is 0.709. The maximum absolute atomic E-state index is 9.40. The Bertz CT molecular complexity index is 339. The van der Waals surface area contributed by atoms with Crippen molar-refractivity contribution in [3.05, 3.63) is 24.3 Å². The Morgan fingerprint density at radius 2 is 2.00 bits per heavy atom. The van der Waals surface area contributed by atoms with Crippen molar-refractivity contribution in [2.24, 2.45) is 0 Å². The Kier molecular flexibility index (Phi) is 3.31. The average molecular weight is 221 g/mol. The molecule has 88 valence electrons. The number of nitrogens with zero attached hydrogens (tertiary/aromatic N) is 2. The predicted molar refractivity (Wildman–Crippen MR) is 66.6 cm³/mol. The van der Waals surface area contributed by atoms with E-state index in [0.29, 0.717) is 0 Å². The third-order valence-electron chi connectivity index (χ3n) is 3.12. The molecule has 1 atom stereocenters. The van der Waals surface area contributed by atoms with E-state index in [1.165, 1.54) is 0 Å². The molecule has 0 aromatic heterocycles. The number of aliphatic hydroxyl groups is 1. The third-order valence-corrected chi connectivity index (χ3v) is 3.12. The van der Waals surface area contributed by atoms with Crippen LogP contribution in [0, 0.1) is 0 Å². The minimum atomic E-state index is 0.183. The average Bonchev–Trinajstić information content (AvgIpc) is 2.30. The summed E-state index contributed by atoms with van der Waals surface area (Å²) in [5, 5.41) is 9.40. The van der Waals surface area contributed by atoms with Crippen LogP contribution in [0.4, 0.5) is 11.4 Å². The first-order valence-corrected chi connectivity index (χ1v) is 5.62. The van der Waals surface area contributed by atoms with Crippen LogP contribution in [0.3, 0.4) is 0 Å². The molecule has 16 heavy (non-hydrogen) atoms. The first-order chi connectivity index (χ1) is 7.70. The second-order valence-electron chi connectivity index (χ2n) is 4.38. The highest BCUT2D eigenvalue weighted by atomic mass is 16.3. The van der Waals surface area contributed by atoms with Gasteiger partial charge in [-0.1, -0.05) is 0 Å². The van der Waals surface area contributed by atoms with Crippen LogP contribution >= 0.6 is 0 Å². The number of benzene rings is 1. The zero-order valence-corrected chi connectivity index (χ0v) is 9.63. The Balaban J connectivity index is 2.15. The molecular weight excluding hydrogens is 202 g/mol. The van der Waals surface area contributed by atoms with Gasteiger partial charge in [-0.25, -0.2) is 0 Å². The lowest BCUT2D eigenvalue weighted by molar-refractivity contribution is 0.191. The molecule has 4 nitrogen and oxygen atoms in total. The second-order valence-corrected chi connectivity index (χ2v) is 4.38.